The molecule has 0 spiro atoms. The Hall–Kier alpha value is -2.13. The molecule has 124 valence electrons. The van der Waals surface area contributed by atoms with Gasteiger partial charge in [-0.1, -0.05) is 55.1 Å². The molecule has 2 aromatic rings. The zero-order valence-corrected chi connectivity index (χ0v) is 14.3. The van der Waals surface area contributed by atoms with E-state index in [1.54, 1.807) is 0 Å². The van der Waals surface area contributed by atoms with Crippen molar-refractivity contribution in [2.24, 2.45) is 0 Å². The second kappa shape index (κ2) is 6.78. The number of ether oxygens (including phenoxy) is 1. The second-order valence-electron chi connectivity index (χ2n) is 6.41. The minimum atomic E-state index is 0.475. The number of hydrogen-bond acceptors (Lipinski definition) is 3. The number of hydrogen-bond donors (Lipinski definition) is 2. The van der Waals surface area contributed by atoms with E-state index >= 15 is 0 Å². The largest absolute Gasteiger partial charge is 0.437 e. The molecule has 2 N–H and O–H groups in total. The molecule has 4 heteroatoms. The van der Waals surface area contributed by atoms with E-state index in [9.17, 15) is 0 Å². The summed E-state index contributed by atoms with van der Waals surface area (Å²) in [6.45, 7) is 0. The average Bonchev–Trinajstić information content (AvgIpc) is 2.63. The highest BCUT2D eigenvalue weighted by molar-refractivity contribution is 6.30. The third-order valence-corrected chi connectivity index (χ3v) is 4.91. The maximum absolute atomic E-state index is 6.20. The van der Waals surface area contributed by atoms with Crippen molar-refractivity contribution in [1.29, 1.82) is 0 Å². The number of nitrogens with one attached hydrogen (secondary N) is 2. The van der Waals surface area contributed by atoms with Crippen LogP contribution in [0.3, 0.4) is 0 Å². The highest BCUT2D eigenvalue weighted by atomic mass is 35.5. The lowest BCUT2D eigenvalue weighted by atomic mass is 9.95. The number of rotatable bonds is 3. The molecule has 0 aromatic heterocycles. The van der Waals surface area contributed by atoms with Crippen molar-refractivity contribution in [2.75, 3.05) is 5.32 Å². The molecule has 4 rings (SSSR count). The Morgan fingerprint density at radius 1 is 0.958 bits per heavy atom. The van der Waals surface area contributed by atoms with Crippen molar-refractivity contribution >= 4 is 23.0 Å². The van der Waals surface area contributed by atoms with Crippen molar-refractivity contribution in [1.82, 2.24) is 5.32 Å². The van der Waals surface area contributed by atoms with Gasteiger partial charge in [-0.2, -0.15) is 0 Å². The summed E-state index contributed by atoms with van der Waals surface area (Å²) >= 11 is 6.04. The Labute approximate surface area is 147 Å². The van der Waals surface area contributed by atoms with Gasteiger partial charge in [0.05, 0.1) is 5.69 Å². The Morgan fingerprint density at radius 3 is 2.50 bits per heavy atom. The molecule has 24 heavy (non-hydrogen) atoms. The van der Waals surface area contributed by atoms with Gasteiger partial charge in [0.25, 0.3) is 0 Å². The highest BCUT2D eigenvalue weighted by Crippen LogP contribution is 2.35. The van der Waals surface area contributed by atoms with Gasteiger partial charge in [-0.05, 0) is 37.1 Å². The lowest BCUT2D eigenvalue weighted by Crippen LogP contribution is -2.35. The zero-order chi connectivity index (χ0) is 16.4. The predicted octanol–water partition coefficient (Wildman–Crippen LogP) is 5.39. The van der Waals surface area contributed by atoms with E-state index in [1.165, 1.54) is 32.1 Å². The van der Waals surface area contributed by atoms with Gasteiger partial charge in [-0.25, -0.2) is 0 Å². The van der Waals surface area contributed by atoms with Crippen LogP contribution < -0.4 is 15.4 Å². The molecule has 0 atom stereocenters. The highest BCUT2D eigenvalue weighted by Gasteiger charge is 2.23. The molecular formula is C20H21ClN2O. The summed E-state index contributed by atoms with van der Waals surface area (Å²) in [4.78, 5) is 0. The van der Waals surface area contributed by atoms with E-state index < -0.39 is 0 Å². The first-order chi connectivity index (χ1) is 11.8. The van der Waals surface area contributed by atoms with Crippen molar-refractivity contribution < 1.29 is 4.74 Å². The van der Waals surface area contributed by atoms with Gasteiger partial charge < -0.3 is 15.4 Å². The normalized spacial score (nSPS) is 17.7. The van der Waals surface area contributed by atoms with Crippen molar-refractivity contribution in [3.63, 3.8) is 0 Å². The molecule has 2 aromatic carbocycles. The Bertz CT molecular complexity index is 748. The van der Waals surface area contributed by atoms with Crippen LogP contribution in [-0.2, 0) is 0 Å². The van der Waals surface area contributed by atoms with Crippen molar-refractivity contribution in [2.45, 2.75) is 38.1 Å². The van der Waals surface area contributed by atoms with Crippen LogP contribution in [0.4, 0.5) is 5.69 Å². The van der Waals surface area contributed by atoms with Gasteiger partial charge in [0, 0.05) is 16.6 Å². The van der Waals surface area contributed by atoms with Gasteiger partial charge in [0.2, 0.25) is 5.88 Å². The van der Waals surface area contributed by atoms with E-state index in [2.05, 4.69) is 10.6 Å². The molecule has 1 fully saturated rings. The minimum Gasteiger partial charge on any atom is -0.437 e. The smallest absolute Gasteiger partial charge is 0.218 e. The third-order valence-electron chi connectivity index (χ3n) is 4.66. The molecule has 0 saturated heterocycles. The quantitative estimate of drug-likeness (QED) is 0.785. The Morgan fingerprint density at radius 2 is 1.71 bits per heavy atom. The SMILES string of the molecule is Clc1ccc(C2=C(NC3CCCCC3)Oc3ccccc3N2)cc1. The average molecular weight is 341 g/mol. The molecule has 1 aliphatic carbocycles. The summed E-state index contributed by atoms with van der Waals surface area (Å²) in [5.41, 5.74) is 3.01. The van der Waals surface area contributed by atoms with Gasteiger partial charge in [0.15, 0.2) is 5.75 Å². The molecule has 0 amide bonds. The fourth-order valence-corrected chi connectivity index (χ4v) is 3.49. The van der Waals surface area contributed by atoms with E-state index in [0.717, 1.165) is 33.6 Å². The molecule has 1 aliphatic heterocycles. The van der Waals surface area contributed by atoms with E-state index in [4.69, 9.17) is 16.3 Å². The summed E-state index contributed by atoms with van der Waals surface area (Å²) in [6.07, 6.45) is 6.30. The number of fused-ring (bicyclic) bond motifs is 1. The van der Waals surface area contributed by atoms with E-state index in [-0.39, 0.29) is 0 Å². The van der Waals surface area contributed by atoms with Gasteiger partial charge in [0.1, 0.15) is 5.70 Å². The summed E-state index contributed by atoms with van der Waals surface area (Å²) in [7, 11) is 0. The second-order valence-corrected chi connectivity index (χ2v) is 6.85. The molecule has 1 heterocycles. The number of para-hydroxylation sites is 2. The fraction of sp³-hybridized carbons (Fsp3) is 0.300. The zero-order valence-electron chi connectivity index (χ0n) is 13.5. The molecule has 1 saturated carbocycles. The maximum Gasteiger partial charge on any atom is 0.218 e. The Balaban J connectivity index is 1.68. The molecule has 0 radical (unpaired) electrons. The third kappa shape index (κ3) is 3.22. The predicted molar refractivity (Wildman–Crippen MR) is 99.1 cm³/mol. The molecular weight excluding hydrogens is 320 g/mol. The Kier molecular flexibility index (Phi) is 4.35. The fourth-order valence-electron chi connectivity index (χ4n) is 3.37. The summed E-state index contributed by atoms with van der Waals surface area (Å²) in [5, 5.41) is 7.88. The lowest BCUT2D eigenvalue weighted by molar-refractivity contribution is 0.316. The minimum absolute atomic E-state index is 0.475. The molecule has 0 unspecified atom stereocenters. The molecule has 3 nitrogen and oxygen atoms in total. The van der Waals surface area contributed by atoms with Crippen molar-refractivity contribution in [3.8, 4) is 5.75 Å². The molecule has 0 bridgehead atoms. The summed E-state index contributed by atoms with van der Waals surface area (Å²) in [5.74, 6) is 1.66. The molecule has 2 aliphatic rings. The first-order valence-electron chi connectivity index (χ1n) is 8.60. The summed E-state index contributed by atoms with van der Waals surface area (Å²) < 4.78 is 6.20. The first-order valence-corrected chi connectivity index (χ1v) is 8.98. The number of benzene rings is 2. The van der Waals surface area contributed by atoms with Gasteiger partial charge in [-0.15, -0.1) is 0 Å². The van der Waals surface area contributed by atoms with Crippen LogP contribution in [0.2, 0.25) is 5.02 Å². The van der Waals surface area contributed by atoms with Crippen LogP contribution >= 0.6 is 11.6 Å². The van der Waals surface area contributed by atoms with Crippen LogP contribution in [0, 0.1) is 0 Å². The lowest BCUT2D eigenvalue weighted by Gasteiger charge is -2.30. The maximum atomic E-state index is 6.20. The topological polar surface area (TPSA) is 33.3 Å². The first kappa shape index (κ1) is 15.4. The van der Waals surface area contributed by atoms with Crippen LogP contribution in [-0.4, -0.2) is 6.04 Å². The van der Waals surface area contributed by atoms with Gasteiger partial charge >= 0.3 is 0 Å². The van der Waals surface area contributed by atoms with E-state index in [0.29, 0.717) is 6.04 Å². The van der Waals surface area contributed by atoms with Crippen LogP contribution in [0.5, 0.6) is 5.75 Å². The number of halogens is 1. The van der Waals surface area contributed by atoms with Crippen LogP contribution in [0.25, 0.3) is 5.70 Å². The number of anilines is 1. The monoisotopic (exact) mass is 340 g/mol. The van der Waals surface area contributed by atoms with Gasteiger partial charge in [-0.3, -0.25) is 0 Å². The van der Waals surface area contributed by atoms with E-state index in [1.807, 2.05) is 48.5 Å². The van der Waals surface area contributed by atoms with Crippen LogP contribution in [0.1, 0.15) is 37.7 Å². The van der Waals surface area contributed by atoms with Crippen molar-refractivity contribution in [3.05, 3.63) is 65.0 Å². The standard InChI is InChI=1S/C20H21ClN2O/c21-15-12-10-14(11-13-15)19-20(22-16-6-2-1-3-7-16)24-18-9-5-4-8-17(18)23-19/h4-5,8-13,16,22-23H,1-3,6-7H2. The summed E-state index contributed by atoms with van der Waals surface area (Å²) in [6, 6.07) is 16.3. The van der Waals surface area contributed by atoms with Crippen LogP contribution in [0.15, 0.2) is 54.4 Å².